The second kappa shape index (κ2) is 6.09. The van der Waals surface area contributed by atoms with E-state index in [0.717, 1.165) is 12.0 Å². The Balaban J connectivity index is 1.40. The van der Waals surface area contributed by atoms with Crippen molar-refractivity contribution in [1.29, 1.82) is 0 Å². The Morgan fingerprint density at radius 3 is 2.83 bits per heavy atom. The van der Waals surface area contributed by atoms with Gasteiger partial charge in [0.15, 0.2) is 0 Å². The Kier molecular flexibility index (Phi) is 4.24. The van der Waals surface area contributed by atoms with E-state index in [1.807, 2.05) is 11.8 Å². The van der Waals surface area contributed by atoms with E-state index >= 15 is 0 Å². The Bertz CT molecular complexity index is 364. The molecule has 1 aliphatic carbocycles. The number of hydrogen-bond acceptors (Lipinski definition) is 3. The molecule has 1 atom stereocenters. The van der Waals surface area contributed by atoms with Crippen LogP contribution in [0, 0.1) is 5.92 Å². The lowest BCUT2D eigenvalue weighted by molar-refractivity contribution is 0.198. The summed E-state index contributed by atoms with van der Waals surface area (Å²) in [4.78, 5) is 4.03. The molecule has 1 aromatic carbocycles. The molecule has 1 saturated heterocycles. The molecule has 1 heterocycles. The summed E-state index contributed by atoms with van der Waals surface area (Å²) >= 11 is 1.98. The lowest BCUT2D eigenvalue weighted by Crippen LogP contribution is -2.52. The van der Waals surface area contributed by atoms with Crippen molar-refractivity contribution in [3.8, 4) is 0 Å². The van der Waals surface area contributed by atoms with Crippen molar-refractivity contribution in [3.63, 3.8) is 0 Å². The maximum Gasteiger partial charge on any atom is 0.0223 e. The van der Waals surface area contributed by atoms with Crippen LogP contribution in [-0.4, -0.2) is 42.9 Å². The zero-order chi connectivity index (χ0) is 12.2. The SMILES string of the molecule is c1ccc(SCCN2CCNC(C3CC3)C2)cc1. The van der Waals surface area contributed by atoms with E-state index in [0.29, 0.717) is 0 Å². The summed E-state index contributed by atoms with van der Waals surface area (Å²) in [7, 11) is 0. The Hall–Kier alpha value is -0.510. The van der Waals surface area contributed by atoms with Crippen molar-refractivity contribution >= 4 is 11.8 Å². The van der Waals surface area contributed by atoms with Crippen LogP contribution in [0.5, 0.6) is 0 Å². The smallest absolute Gasteiger partial charge is 0.0223 e. The number of rotatable bonds is 5. The first-order valence-electron chi connectivity index (χ1n) is 7.05. The molecule has 0 bridgehead atoms. The largest absolute Gasteiger partial charge is 0.311 e. The number of hydrogen-bond donors (Lipinski definition) is 1. The molecule has 0 spiro atoms. The Labute approximate surface area is 114 Å². The monoisotopic (exact) mass is 262 g/mol. The minimum atomic E-state index is 0.778. The number of benzene rings is 1. The standard InChI is InChI=1S/C15H22N2S/c1-2-4-14(5-3-1)18-11-10-17-9-8-16-15(12-17)13-6-7-13/h1-5,13,15-16H,6-12H2. The summed E-state index contributed by atoms with van der Waals surface area (Å²) in [5.74, 6) is 2.19. The predicted octanol–water partition coefficient (Wildman–Crippen LogP) is 2.46. The molecule has 18 heavy (non-hydrogen) atoms. The van der Waals surface area contributed by atoms with E-state index in [-0.39, 0.29) is 0 Å². The van der Waals surface area contributed by atoms with Gasteiger partial charge in [-0.2, -0.15) is 0 Å². The zero-order valence-electron chi connectivity index (χ0n) is 10.8. The Morgan fingerprint density at radius 1 is 1.22 bits per heavy atom. The van der Waals surface area contributed by atoms with Crippen LogP contribution in [0.1, 0.15) is 12.8 Å². The molecule has 3 heteroatoms. The van der Waals surface area contributed by atoms with Crippen LogP contribution >= 0.6 is 11.8 Å². The van der Waals surface area contributed by atoms with Gasteiger partial charge in [-0.1, -0.05) is 18.2 Å². The van der Waals surface area contributed by atoms with Crippen LogP contribution in [-0.2, 0) is 0 Å². The predicted molar refractivity (Wildman–Crippen MR) is 78.1 cm³/mol. The minimum Gasteiger partial charge on any atom is -0.311 e. The number of nitrogens with zero attached hydrogens (tertiary/aromatic N) is 1. The third-order valence-corrected chi connectivity index (χ3v) is 4.89. The summed E-state index contributed by atoms with van der Waals surface area (Å²) in [5.41, 5.74) is 0. The normalized spacial score (nSPS) is 25.2. The van der Waals surface area contributed by atoms with E-state index in [1.165, 1.54) is 49.7 Å². The van der Waals surface area contributed by atoms with E-state index in [2.05, 4.69) is 40.5 Å². The first-order chi connectivity index (χ1) is 8.92. The van der Waals surface area contributed by atoms with Gasteiger partial charge in [-0.05, 0) is 30.9 Å². The van der Waals surface area contributed by atoms with Crippen LogP contribution in [0.4, 0.5) is 0 Å². The summed E-state index contributed by atoms with van der Waals surface area (Å²) in [6, 6.07) is 11.5. The van der Waals surface area contributed by atoms with Crippen molar-refractivity contribution in [3.05, 3.63) is 30.3 Å². The third-order valence-electron chi connectivity index (χ3n) is 3.90. The fraction of sp³-hybridized carbons (Fsp3) is 0.600. The number of thioether (sulfide) groups is 1. The van der Waals surface area contributed by atoms with Gasteiger partial charge in [0.1, 0.15) is 0 Å². The molecule has 98 valence electrons. The van der Waals surface area contributed by atoms with Gasteiger partial charge in [0.2, 0.25) is 0 Å². The molecule has 1 saturated carbocycles. The van der Waals surface area contributed by atoms with E-state index in [9.17, 15) is 0 Å². The highest BCUT2D eigenvalue weighted by Gasteiger charge is 2.33. The first-order valence-corrected chi connectivity index (χ1v) is 8.04. The zero-order valence-corrected chi connectivity index (χ0v) is 11.7. The fourth-order valence-electron chi connectivity index (χ4n) is 2.67. The van der Waals surface area contributed by atoms with Gasteiger partial charge in [0, 0.05) is 42.9 Å². The highest BCUT2D eigenvalue weighted by Crippen LogP contribution is 2.33. The second-order valence-electron chi connectivity index (χ2n) is 5.36. The van der Waals surface area contributed by atoms with Crippen LogP contribution in [0.2, 0.25) is 0 Å². The van der Waals surface area contributed by atoms with Crippen LogP contribution < -0.4 is 5.32 Å². The number of nitrogens with one attached hydrogen (secondary N) is 1. The van der Waals surface area contributed by atoms with Gasteiger partial charge >= 0.3 is 0 Å². The van der Waals surface area contributed by atoms with E-state index in [4.69, 9.17) is 0 Å². The van der Waals surface area contributed by atoms with Crippen LogP contribution in [0.3, 0.4) is 0 Å². The van der Waals surface area contributed by atoms with Gasteiger partial charge in [-0.25, -0.2) is 0 Å². The molecule has 1 aromatic rings. The van der Waals surface area contributed by atoms with Gasteiger partial charge in [-0.15, -0.1) is 11.8 Å². The average molecular weight is 262 g/mol. The third kappa shape index (κ3) is 3.50. The topological polar surface area (TPSA) is 15.3 Å². The molecule has 0 aromatic heterocycles. The average Bonchev–Trinajstić information content (AvgIpc) is 3.25. The molecule has 3 rings (SSSR count). The van der Waals surface area contributed by atoms with Crippen LogP contribution in [0.15, 0.2) is 35.2 Å². The van der Waals surface area contributed by atoms with Crippen LogP contribution in [0.25, 0.3) is 0 Å². The molecule has 1 aliphatic heterocycles. The highest BCUT2D eigenvalue weighted by atomic mass is 32.2. The van der Waals surface area contributed by atoms with Crippen molar-refractivity contribution in [2.75, 3.05) is 31.9 Å². The maximum atomic E-state index is 3.67. The van der Waals surface area contributed by atoms with Crippen molar-refractivity contribution < 1.29 is 0 Å². The van der Waals surface area contributed by atoms with Crippen molar-refractivity contribution in [2.24, 2.45) is 5.92 Å². The minimum absolute atomic E-state index is 0.778. The quantitative estimate of drug-likeness (QED) is 0.821. The molecule has 2 fully saturated rings. The molecule has 2 aliphatic rings. The molecule has 1 N–H and O–H groups in total. The Morgan fingerprint density at radius 2 is 2.06 bits per heavy atom. The highest BCUT2D eigenvalue weighted by molar-refractivity contribution is 7.99. The summed E-state index contributed by atoms with van der Waals surface area (Å²) in [6.45, 7) is 4.89. The summed E-state index contributed by atoms with van der Waals surface area (Å²) in [5, 5.41) is 3.67. The number of piperazine rings is 1. The van der Waals surface area contributed by atoms with Crippen molar-refractivity contribution in [2.45, 2.75) is 23.8 Å². The van der Waals surface area contributed by atoms with Crippen molar-refractivity contribution in [1.82, 2.24) is 10.2 Å². The van der Waals surface area contributed by atoms with Gasteiger partial charge in [0.25, 0.3) is 0 Å². The molecule has 2 nitrogen and oxygen atoms in total. The lowest BCUT2D eigenvalue weighted by atomic mass is 10.1. The molecule has 0 radical (unpaired) electrons. The molecule has 1 unspecified atom stereocenters. The van der Waals surface area contributed by atoms with Gasteiger partial charge in [-0.3, -0.25) is 4.90 Å². The van der Waals surface area contributed by atoms with Gasteiger partial charge < -0.3 is 5.32 Å². The van der Waals surface area contributed by atoms with E-state index < -0.39 is 0 Å². The maximum absolute atomic E-state index is 3.67. The summed E-state index contributed by atoms with van der Waals surface area (Å²) in [6.07, 6.45) is 2.90. The molecular formula is C15H22N2S. The molecular weight excluding hydrogens is 240 g/mol. The molecule has 0 amide bonds. The fourth-order valence-corrected chi connectivity index (χ4v) is 3.60. The summed E-state index contributed by atoms with van der Waals surface area (Å²) < 4.78 is 0. The van der Waals surface area contributed by atoms with E-state index in [1.54, 1.807) is 0 Å². The first kappa shape index (κ1) is 12.5. The van der Waals surface area contributed by atoms with Gasteiger partial charge in [0.05, 0.1) is 0 Å². The lowest BCUT2D eigenvalue weighted by Gasteiger charge is -2.33. The second-order valence-corrected chi connectivity index (χ2v) is 6.53.